The number of rotatable bonds is 8. The largest absolute Gasteiger partial charge is 0.492 e. The molecule has 2 fully saturated rings. The summed E-state index contributed by atoms with van der Waals surface area (Å²) in [5.74, 6) is 0.273. The van der Waals surface area contributed by atoms with E-state index in [1.54, 1.807) is 18.2 Å². The maximum Gasteiger partial charge on any atom is 0.246 e. The number of carbonyl (C=O) groups excluding carboxylic acids is 1. The first kappa shape index (κ1) is 22.1. The number of ether oxygens (including phenoxy) is 1. The van der Waals surface area contributed by atoms with Gasteiger partial charge in [-0.25, -0.2) is 8.42 Å². The number of sulfonamides is 1. The molecule has 7 nitrogen and oxygen atoms in total. The molecular formula is C21H33N3O4S. The first-order valence-corrected chi connectivity index (χ1v) is 12.2. The Morgan fingerprint density at radius 1 is 1.14 bits per heavy atom. The number of amides is 1. The van der Waals surface area contributed by atoms with E-state index in [1.165, 1.54) is 4.31 Å². The number of piperidine rings is 1. The van der Waals surface area contributed by atoms with E-state index in [0.29, 0.717) is 31.1 Å². The van der Waals surface area contributed by atoms with E-state index in [4.69, 9.17) is 4.74 Å². The highest BCUT2D eigenvalue weighted by molar-refractivity contribution is 7.89. The molecule has 2 aliphatic heterocycles. The molecule has 162 valence electrons. The van der Waals surface area contributed by atoms with Crippen LogP contribution in [0.3, 0.4) is 0 Å². The highest BCUT2D eigenvalue weighted by atomic mass is 32.2. The average Bonchev–Trinajstić information content (AvgIpc) is 3.26. The van der Waals surface area contributed by atoms with Crippen LogP contribution in [0.5, 0.6) is 5.75 Å². The van der Waals surface area contributed by atoms with Crippen LogP contribution in [0.4, 0.5) is 5.69 Å². The van der Waals surface area contributed by atoms with E-state index in [0.717, 1.165) is 51.6 Å². The van der Waals surface area contributed by atoms with Gasteiger partial charge in [0.2, 0.25) is 15.9 Å². The lowest BCUT2D eigenvalue weighted by Crippen LogP contribution is -2.47. The van der Waals surface area contributed by atoms with Crippen LogP contribution < -0.4 is 10.1 Å². The first-order chi connectivity index (χ1) is 14.0. The van der Waals surface area contributed by atoms with E-state index >= 15 is 0 Å². The first-order valence-electron chi connectivity index (χ1n) is 10.8. The minimum Gasteiger partial charge on any atom is -0.492 e. The second-order valence-corrected chi connectivity index (χ2v) is 9.65. The summed E-state index contributed by atoms with van der Waals surface area (Å²) < 4.78 is 33.3. The molecule has 1 N–H and O–H groups in total. The Labute approximate surface area is 174 Å². The van der Waals surface area contributed by atoms with E-state index in [9.17, 15) is 13.2 Å². The predicted molar refractivity (Wildman–Crippen MR) is 114 cm³/mol. The Morgan fingerprint density at radius 2 is 1.86 bits per heavy atom. The molecule has 2 saturated heterocycles. The minimum atomic E-state index is -3.65. The Balaban J connectivity index is 1.83. The zero-order valence-electron chi connectivity index (χ0n) is 17.5. The van der Waals surface area contributed by atoms with Crippen molar-refractivity contribution >= 4 is 21.6 Å². The fourth-order valence-electron chi connectivity index (χ4n) is 4.20. The van der Waals surface area contributed by atoms with Crippen molar-refractivity contribution in [3.8, 4) is 5.75 Å². The molecule has 3 rings (SSSR count). The Hall–Kier alpha value is -1.64. The van der Waals surface area contributed by atoms with Gasteiger partial charge in [-0.3, -0.25) is 9.69 Å². The van der Waals surface area contributed by atoms with Gasteiger partial charge >= 0.3 is 0 Å². The van der Waals surface area contributed by atoms with Crippen molar-refractivity contribution in [2.75, 3.05) is 38.1 Å². The Kier molecular flexibility index (Phi) is 7.54. The monoisotopic (exact) mass is 423 g/mol. The molecule has 0 aromatic heterocycles. The van der Waals surface area contributed by atoms with E-state index in [2.05, 4.69) is 17.1 Å². The maximum absolute atomic E-state index is 13.1. The van der Waals surface area contributed by atoms with Crippen molar-refractivity contribution < 1.29 is 17.9 Å². The van der Waals surface area contributed by atoms with Crippen LogP contribution in [0.15, 0.2) is 23.1 Å². The molecule has 1 aromatic carbocycles. The summed E-state index contributed by atoms with van der Waals surface area (Å²) in [7, 11) is -3.65. The van der Waals surface area contributed by atoms with Gasteiger partial charge in [0.25, 0.3) is 0 Å². The number of nitrogens with one attached hydrogen (secondary N) is 1. The quantitative estimate of drug-likeness (QED) is 0.695. The summed E-state index contributed by atoms with van der Waals surface area (Å²) in [6.45, 7) is 7.21. The van der Waals surface area contributed by atoms with Gasteiger partial charge in [-0.05, 0) is 70.3 Å². The van der Waals surface area contributed by atoms with Gasteiger partial charge in [0.1, 0.15) is 10.6 Å². The van der Waals surface area contributed by atoms with Crippen LogP contribution in [-0.4, -0.2) is 62.4 Å². The summed E-state index contributed by atoms with van der Waals surface area (Å²) in [4.78, 5) is 15.3. The Bertz CT molecular complexity index is 804. The topological polar surface area (TPSA) is 79.0 Å². The van der Waals surface area contributed by atoms with Gasteiger partial charge < -0.3 is 10.1 Å². The van der Waals surface area contributed by atoms with Crippen LogP contribution in [-0.2, 0) is 14.8 Å². The van der Waals surface area contributed by atoms with Crippen molar-refractivity contribution in [1.82, 2.24) is 9.21 Å². The summed E-state index contributed by atoms with van der Waals surface area (Å²) in [6.07, 6.45) is 5.73. The van der Waals surface area contributed by atoms with Gasteiger partial charge in [0.05, 0.1) is 12.6 Å². The standard InChI is InChI=1S/C21H33N3O4S/c1-3-12-23-13-6-5-9-18(23)21(25)22-17-10-11-19(28-4-2)20(16-17)29(26,27)24-14-7-8-15-24/h10-11,16,18H,3-9,12-15H2,1-2H3,(H,22,25). The van der Waals surface area contributed by atoms with Crippen LogP contribution in [0, 0.1) is 0 Å². The van der Waals surface area contributed by atoms with Crippen molar-refractivity contribution in [1.29, 1.82) is 0 Å². The number of benzene rings is 1. The van der Waals surface area contributed by atoms with Crippen LogP contribution in [0.2, 0.25) is 0 Å². The molecule has 2 aliphatic rings. The van der Waals surface area contributed by atoms with Crippen molar-refractivity contribution in [3.63, 3.8) is 0 Å². The lowest BCUT2D eigenvalue weighted by molar-refractivity contribution is -0.122. The number of nitrogens with zero attached hydrogens (tertiary/aromatic N) is 2. The molecule has 8 heteroatoms. The van der Waals surface area contributed by atoms with Crippen molar-refractivity contribution in [3.05, 3.63) is 18.2 Å². The lowest BCUT2D eigenvalue weighted by atomic mass is 10.0. The van der Waals surface area contributed by atoms with Gasteiger partial charge in [-0.15, -0.1) is 0 Å². The van der Waals surface area contributed by atoms with Gasteiger partial charge in [0.15, 0.2) is 0 Å². The third kappa shape index (κ3) is 5.10. The lowest BCUT2D eigenvalue weighted by Gasteiger charge is -2.34. The molecule has 29 heavy (non-hydrogen) atoms. The van der Waals surface area contributed by atoms with Gasteiger partial charge in [0, 0.05) is 18.8 Å². The second kappa shape index (κ2) is 9.91. The fourth-order valence-corrected chi connectivity index (χ4v) is 5.87. The Morgan fingerprint density at radius 3 is 2.55 bits per heavy atom. The summed E-state index contributed by atoms with van der Waals surface area (Å²) >= 11 is 0. The highest BCUT2D eigenvalue weighted by Gasteiger charge is 2.31. The molecule has 0 spiro atoms. The summed E-state index contributed by atoms with van der Waals surface area (Å²) in [6, 6.07) is 4.75. The third-order valence-corrected chi connectivity index (χ3v) is 7.54. The zero-order valence-corrected chi connectivity index (χ0v) is 18.3. The van der Waals surface area contributed by atoms with E-state index in [1.807, 2.05) is 6.92 Å². The zero-order chi connectivity index (χ0) is 20.9. The van der Waals surface area contributed by atoms with Crippen LogP contribution in [0.25, 0.3) is 0 Å². The summed E-state index contributed by atoms with van der Waals surface area (Å²) in [5.41, 5.74) is 0.498. The molecule has 1 unspecified atom stereocenters. The molecule has 1 amide bonds. The highest BCUT2D eigenvalue weighted by Crippen LogP contribution is 2.32. The molecule has 0 saturated carbocycles. The van der Waals surface area contributed by atoms with Gasteiger partial charge in [-0.2, -0.15) is 4.31 Å². The minimum absolute atomic E-state index is 0.0631. The molecule has 2 heterocycles. The normalized spacial score (nSPS) is 21.2. The molecule has 0 aliphatic carbocycles. The third-order valence-electron chi connectivity index (χ3n) is 5.62. The van der Waals surface area contributed by atoms with Crippen molar-refractivity contribution in [2.24, 2.45) is 0 Å². The van der Waals surface area contributed by atoms with Crippen molar-refractivity contribution in [2.45, 2.75) is 63.3 Å². The average molecular weight is 424 g/mol. The molecular weight excluding hydrogens is 390 g/mol. The molecule has 0 radical (unpaired) electrons. The number of anilines is 1. The molecule has 0 bridgehead atoms. The number of hydrogen-bond donors (Lipinski definition) is 1. The fraction of sp³-hybridized carbons (Fsp3) is 0.667. The molecule has 1 atom stereocenters. The number of carbonyl (C=O) groups is 1. The van der Waals surface area contributed by atoms with Crippen LogP contribution in [0.1, 0.15) is 52.4 Å². The summed E-state index contributed by atoms with van der Waals surface area (Å²) in [5, 5.41) is 2.95. The maximum atomic E-state index is 13.1. The van der Waals surface area contributed by atoms with E-state index in [-0.39, 0.29) is 16.8 Å². The SMILES string of the molecule is CCCN1CCCCC1C(=O)Nc1ccc(OCC)c(S(=O)(=O)N2CCCC2)c1. The van der Waals surface area contributed by atoms with Crippen LogP contribution >= 0.6 is 0 Å². The second-order valence-electron chi connectivity index (χ2n) is 7.74. The number of likely N-dealkylation sites (tertiary alicyclic amines) is 1. The predicted octanol–water partition coefficient (Wildman–Crippen LogP) is 3.07. The smallest absolute Gasteiger partial charge is 0.246 e. The number of hydrogen-bond acceptors (Lipinski definition) is 5. The van der Waals surface area contributed by atoms with E-state index < -0.39 is 10.0 Å². The molecule has 1 aromatic rings. The van der Waals surface area contributed by atoms with Gasteiger partial charge in [-0.1, -0.05) is 13.3 Å².